The lowest BCUT2D eigenvalue weighted by Crippen LogP contribution is -2.30. The first-order valence-electron chi connectivity index (χ1n) is 2.30. The second-order valence-electron chi connectivity index (χ2n) is 1.17. The normalized spacial score (nSPS) is 9.43. The van der Waals surface area contributed by atoms with Crippen LogP contribution in [0.15, 0.2) is 0 Å². The Morgan fingerprint density at radius 3 is 2.71 bits per heavy atom. The predicted octanol–water partition coefficient (Wildman–Crippen LogP) is -0.643. The van der Waals surface area contributed by atoms with Crippen molar-refractivity contribution in [2.45, 2.75) is 0 Å². The molecule has 2 N–H and O–H groups in total. The standard InChI is InChI=1S/C4H12N2O/c1-5-6-3-4-7-2/h5-6H,3-4H2,1-2H3. The van der Waals surface area contributed by atoms with Crippen LogP contribution >= 0.6 is 0 Å². The van der Waals surface area contributed by atoms with Gasteiger partial charge in [-0.3, -0.25) is 10.9 Å². The van der Waals surface area contributed by atoms with E-state index in [-0.39, 0.29) is 0 Å². The molecule has 0 heterocycles. The van der Waals surface area contributed by atoms with Gasteiger partial charge in [0.2, 0.25) is 0 Å². The molecule has 0 aliphatic heterocycles. The molecule has 0 atom stereocenters. The zero-order valence-corrected chi connectivity index (χ0v) is 4.82. The van der Waals surface area contributed by atoms with Gasteiger partial charge in [-0.2, -0.15) is 0 Å². The molecule has 0 unspecified atom stereocenters. The Hall–Kier alpha value is -0.120. The van der Waals surface area contributed by atoms with Gasteiger partial charge in [0, 0.05) is 13.7 Å². The summed E-state index contributed by atoms with van der Waals surface area (Å²) in [6, 6.07) is 0. The SMILES string of the molecule is CNNCCOC. The van der Waals surface area contributed by atoms with Crippen LogP contribution < -0.4 is 10.9 Å². The second kappa shape index (κ2) is 5.88. The molecular weight excluding hydrogens is 92.1 g/mol. The van der Waals surface area contributed by atoms with Crippen LogP contribution in [0.4, 0.5) is 0 Å². The molecule has 0 radical (unpaired) electrons. The molecule has 44 valence electrons. The van der Waals surface area contributed by atoms with Crippen LogP contribution in [0.2, 0.25) is 0 Å². The Bertz CT molecular complexity index is 28.9. The fourth-order valence-corrected chi connectivity index (χ4v) is 0.278. The fourth-order valence-electron chi connectivity index (χ4n) is 0.278. The van der Waals surface area contributed by atoms with Gasteiger partial charge in [0.15, 0.2) is 0 Å². The van der Waals surface area contributed by atoms with E-state index in [1.54, 1.807) is 7.11 Å². The van der Waals surface area contributed by atoms with Crippen LogP contribution in [0.25, 0.3) is 0 Å². The summed E-state index contributed by atoms with van der Waals surface area (Å²) < 4.78 is 4.74. The predicted molar refractivity (Wildman–Crippen MR) is 28.9 cm³/mol. The lowest BCUT2D eigenvalue weighted by Gasteiger charge is -1.98. The van der Waals surface area contributed by atoms with Crippen LogP contribution in [0, 0.1) is 0 Å². The summed E-state index contributed by atoms with van der Waals surface area (Å²) in [7, 11) is 3.51. The van der Waals surface area contributed by atoms with Crippen molar-refractivity contribution in [3.8, 4) is 0 Å². The van der Waals surface area contributed by atoms with E-state index in [2.05, 4.69) is 10.9 Å². The number of methoxy groups -OCH3 is 1. The second-order valence-corrected chi connectivity index (χ2v) is 1.17. The zero-order chi connectivity index (χ0) is 5.54. The maximum Gasteiger partial charge on any atom is 0.0601 e. The number of rotatable bonds is 4. The summed E-state index contributed by atoms with van der Waals surface area (Å²) in [6.45, 7) is 1.60. The molecule has 0 aliphatic carbocycles. The topological polar surface area (TPSA) is 33.3 Å². The van der Waals surface area contributed by atoms with Gasteiger partial charge in [0.25, 0.3) is 0 Å². The summed E-state index contributed by atoms with van der Waals surface area (Å²) in [5.41, 5.74) is 5.65. The Morgan fingerprint density at radius 2 is 2.29 bits per heavy atom. The van der Waals surface area contributed by atoms with E-state index in [0.29, 0.717) is 0 Å². The third-order valence-electron chi connectivity index (χ3n) is 0.608. The first-order chi connectivity index (χ1) is 3.41. The maximum absolute atomic E-state index is 4.74. The van der Waals surface area contributed by atoms with Crippen LogP contribution in [0.1, 0.15) is 0 Å². The van der Waals surface area contributed by atoms with Crippen molar-refractivity contribution in [1.29, 1.82) is 0 Å². The minimum Gasteiger partial charge on any atom is -0.383 e. The molecule has 0 fully saturated rings. The number of ether oxygens (including phenoxy) is 1. The van der Waals surface area contributed by atoms with Gasteiger partial charge in [-0.15, -0.1) is 0 Å². The monoisotopic (exact) mass is 104 g/mol. The van der Waals surface area contributed by atoms with Crippen molar-refractivity contribution in [3.05, 3.63) is 0 Å². The smallest absolute Gasteiger partial charge is 0.0601 e. The van der Waals surface area contributed by atoms with E-state index in [1.807, 2.05) is 7.05 Å². The Balaban J connectivity index is 2.45. The van der Waals surface area contributed by atoms with Gasteiger partial charge in [0.1, 0.15) is 0 Å². The number of hydrogen-bond acceptors (Lipinski definition) is 3. The highest BCUT2D eigenvalue weighted by Crippen LogP contribution is 1.57. The number of hydrazine groups is 1. The summed E-state index contributed by atoms with van der Waals surface area (Å²) in [5, 5.41) is 0. The van der Waals surface area contributed by atoms with Gasteiger partial charge < -0.3 is 4.74 Å². The van der Waals surface area contributed by atoms with E-state index < -0.39 is 0 Å². The summed E-state index contributed by atoms with van der Waals surface area (Å²) in [5.74, 6) is 0. The molecule has 7 heavy (non-hydrogen) atoms. The Kier molecular flexibility index (Phi) is 5.78. The third kappa shape index (κ3) is 5.88. The van der Waals surface area contributed by atoms with Crippen molar-refractivity contribution in [3.63, 3.8) is 0 Å². The highest BCUT2D eigenvalue weighted by Gasteiger charge is 1.75. The van der Waals surface area contributed by atoms with Gasteiger partial charge in [-0.25, -0.2) is 0 Å². The Morgan fingerprint density at radius 1 is 1.57 bits per heavy atom. The Labute approximate surface area is 44.0 Å². The lowest BCUT2D eigenvalue weighted by atomic mass is 10.7. The average molecular weight is 104 g/mol. The quantitative estimate of drug-likeness (QED) is 0.367. The lowest BCUT2D eigenvalue weighted by molar-refractivity contribution is 0.196. The highest BCUT2D eigenvalue weighted by molar-refractivity contribution is 4.30. The molecular formula is C4H12N2O. The summed E-state index contributed by atoms with van der Waals surface area (Å²) in [6.07, 6.45) is 0. The molecule has 0 amide bonds. The largest absolute Gasteiger partial charge is 0.383 e. The van der Waals surface area contributed by atoms with Crippen LogP contribution in [-0.2, 0) is 4.74 Å². The first-order valence-corrected chi connectivity index (χ1v) is 2.30. The number of nitrogens with one attached hydrogen (secondary N) is 2. The van der Waals surface area contributed by atoms with Crippen molar-refractivity contribution >= 4 is 0 Å². The molecule has 0 saturated heterocycles. The third-order valence-corrected chi connectivity index (χ3v) is 0.608. The van der Waals surface area contributed by atoms with Crippen molar-refractivity contribution < 1.29 is 4.74 Å². The first kappa shape index (κ1) is 6.88. The van der Waals surface area contributed by atoms with Crippen molar-refractivity contribution in [2.24, 2.45) is 0 Å². The van der Waals surface area contributed by atoms with E-state index in [9.17, 15) is 0 Å². The summed E-state index contributed by atoms with van der Waals surface area (Å²) >= 11 is 0. The fraction of sp³-hybridized carbons (Fsp3) is 1.00. The van der Waals surface area contributed by atoms with E-state index in [4.69, 9.17) is 4.74 Å². The minimum absolute atomic E-state index is 0.751. The van der Waals surface area contributed by atoms with Gasteiger partial charge in [-0.1, -0.05) is 0 Å². The molecule has 0 saturated carbocycles. The molecule has 0 aliphatic rings. The highest BCUT2D eigenvalue weighted by atomic mass is 16.5. The maximum atomic E-state index is 4.74. The summed E-state index contributed by atoms with van der Waals surface area (Å²) in [4.78, 5) is 0. The van der Waals surface area contributed by atoms with E-state index in [1.165, 1.54) is 0 Å². The number of hydrogen-bond donors (Lipinski definition) is 2. The average Bonchev–Trinajstić information content (AvgIpc) is 1.69. The van der Waals surface area contributed by atoms with Crippen LogP contribution in [-0.4, -0.2) is 27.3 Å². The molecule has 0 spiro atoms. The molecule has 0 rings (SSSR count). The van der Waals surface area contributed by atoms with Gasteiger partial charge in [-0.05, 0) is 7.05 Å². The molecule has 3 nitrogen and oxygen atoms in total. The molecule has 0 aromatic rings. The minimum atomic E-state index is 0.751. The van der Waals surface area contributed by atoms with Crippen molar-refractivity contribution in [1.82, 2.24) is 10.9 Å². The van der Waals surface area contributed by atoms with Crippen LogP contribution in [0.5, 0.6) is 0 Å². The molecule has 3 heteroatoms. The van der Waals surface area contributed by atoms with Crippen molar-refractivity contribution in [2.75, 3.05) is 27.3 Å². The van der Waals surface area contributed by atoms with Gasteiger partial charge >= 0.3 is 0 Å². The van der Waals surface area contributed by atoms with E-state index in [0.717, 1.165) is 13.2 Å². The van der Waals surface area contributed by atoms with E-state index >= 15 is 0 Å². The molecule has 0 aromatic heterocycles. The van der Waals surface area contributed by atoms with Gasteiger partial charge in [0.05, 0.1) is 6.61 Å². The zero-order valence-electron chi connectivity index (χ0n) is 4.82. The molecule has 0 aromatic carbocycles. The van der Waals surface area contributed by atoms with Crippen LogP contribution in [0.3, 0.4) is 0 Å². The molecule has 0 bridgehead atoms.